The Morgan fingerprint density at radius 2 is 1.51 bits per heavy atom. The van der Waals surface area contributed by atoms with Crippen molar-refractivity contribution in [3.8, 4) is 5.69 Å². The Hall–Kier alpha value is -4.29. The lowest BCUT2D eigenvalue weighted by Gasteiger charge is -2.03. The van der Waals surface area contributed by atoms with E-state index in [1.807, 2.05) is 78.9 Å². The van der Waals surface area contributed by atoms with E-state index in [0.29, 0.717) is 11.1 Å². The first-order valence-corrected chi connectivity index (χ1v) is 11.8. The maximum absolute atomic E-state index is 13.6. The molecule has 168 valence electrons. The smallest absolute Gasteiger partial charge is 0.232 e. The van der Waals surface area contributed by atoms with E-state index >= 15 is 0 Å². The molecule has 0 spiro atoms. The van der Waals surface area contributed by atoms with Crippen LogP contribution in [0.15, 0.2) is 112 Å². The molecule has 0 radical (unpaired) electrons. The molecule has 4 aromatic carbocycles. The van der Waals surface area contributed by atoms with Gasteiger partial charge in [-0.05, 0) is 53.2 Å². The number of benzene rings is 4. The van der Waals surface area contributed by atoms with Crippen molar-refractivity contribution in [3.05, 3.63) is 130 Å². The van der Waals surface area contributed by atoms with Gasteiger partial charge in [0.25, 0.3) is 0 Å². The van der Waals surface area contributed by atoms with Crippen LogP contribution in [0.5, 0.6) is 0 Å². The molecule has 0 aliphatic rings. The fraction of sp³-hybridized carbons (Fsp3) is 0. The lowest BCUT2D eigenvalue weighted by Crippen LogP contribution is -2.10. The largest absolute Gasteiger partial charge is 0.453 e. The normalized spacial score (nSPS) is 11.2. The summed E-state index contributed by atoms with van der Waals surface area (Å²) in [6.07, 6.45) is 1.59. The summed E-state index contributed by atoms with van der Waals surface area (Å²) in [6, 6.07) is 29.9. The van der Waals surface area contributed by atoms with Crippen LogP contribution >= 0.6 is 15.9 Å². The summed E-state index contributed by atoms with van der Waals surface area (Å²) in [5.41, 5.74) is 2.06. The monoisotopic (exact) mass is 520 g/mol. The van der Waals surface area contributed by atoms with Crippen LogP contribution in [0.25, 0.3) is 27.4 Å². The number of nitrogens with zero attached hydrogens (tertiary/aromatic N) is 2. The van der Waals surface area contributed by atoms with Gasteiger partial charge in [0.05, 0.1) is 11.3 Å². The molecule has 0 atom stereocenters. The van der Waals surface area contributed by atoms with E-state index in [4.69, 9.17) is 4.42 Å². The van der Waals surface area contributed by atoms with Gasteiger partial charge in [0.2, 0.25) is 11.6 Å². The van der Waals surface area contributed by atoms with Crippen LogP contribution in [0.2, 0.25) is 0 Å². The molecule has 2 aromatic heterocycles. The molecule has 0 aliphatic carbocycles. The van der Waals surface area contributed by atoms with Crippen molar-refractivity contribution in [2.75, 3.05) is 0 Å². The standard InChI is InChI=1S/C29H17BrN2O3/c30-22-12-13-25-21(15-22)16-26(35-25)29(34)24-17-32(23-8-2-1-3-9-23)31-27(24)28(33)20-11-10-18-6-4-5-7-19(18)14-20/h1-17H. The number of fused-ring (bicyclic) bond motifs is 2. The molecule has 0 bridgehead atoms. The minimum Gasteiger partial charge on any atom is -0.453 e. The van der Waals surface area contributed by atoms with E-state index in [1.54, 1.807) is 29.1 Å². The van der Waals surface area contributed by atoms with Crippen molar-refractivity contribution in [2.45, 2.75) is 0 Å². The Kier molecular flexibility index (Phi) is 5.16. The molecule has 0 unspecified atom stereocenters. The van der Waals surface area contributed by atoms with Crippen molar-refractivity contribution < 1.29 is 14.0 Å². The highest BCUT2D eigenvalue weighted by Gasteiger charge is 2.27. The molecule has 35 heavy (non-hydrogen) atoms. The van der Waals surface area contributed by atoms with Crippen molar-refractivity contribution in [1.82, 2.24) is 9.78 Å². The molecule has 0 fully saturated rings. The topological polar surface area (TPSA) is 65.1 Å². The molecule has 5 nitrogen and oxygen atoms in total. The number of rotatable bonds is 5. The van der Waals surface area contributed by atoms with Crippen molar-refractivity contribution in [2.24, 2.45) is 0 Å². The lowest BCUT2D eigenvalue weighted by atomic mass is 9.99. The number of furan rings is 1. The van der Waals surface area contributed by atoms with E-state index in [1.165, 1.54) is 0 Å². The fourth-order valence-corrected chi connectivity index (χ4v) is 4.53. The number of hydrogen-bond acceptors (Lipinski definition) is 4. The van der Waals surface area contributed by atoms with Crippen molar-refractivity contribution in [3.63, 3.8) is 0 Å². The van der Waals surface area contributed by atoms with Gasteiger partial charge in [-0.1, -0.05) is 70.5 Å². The minimum atomic E-state index is -0.399. The summed E-state index contributed by atoms with van der Waals surface area (Å²) in [5, 5.41) is 7.31. The average Bonchev–Trinajstić information content (AvgIpc) is 3.53. The van der Waals surface area contributed by atoms with E-state index < -0.39 is 5.78 Å². The first kappa shape index (κ1) is 21.3. The maximum Gasteiger partial charge on any atom is 0.232 e. The number of hydrogen-bond donors (Lipinski definition) is 0. The van der Waals surface area contributed by atoms with Gasteiger partial charge < -0.3 is 4.42 Å². The highest BCUT2D eigenvalue weighted by atomic mass is 79.9. The molecule has 6 rings (SSSR count). The maximum atomic E-state index is 13.6. The molecular formula is C29H17BrN2O3. The van der Waals surface area contributed by atoms with Crippen LogP contribution in [0.4, 0.5) is 0 Å². The first-order valence-electron chi connectivity index (χ1n) is 11.0. The zero-order chi connectivity index (χ0) is 23.9. The van der Waals surface area contributed by atoms with Gasteiger partial charge in [0.15, 0.2) is 5.76 Å². The second kappa shape index (κ2) is 8.49. The van der Waals surface area contributed by atoms with Crippen LogP contribution in [0.3, 0.4) is 0 Å². The highest BCUT2D eigenvalue weighted by Crippen LogP contribution is 2.27. The Bertz CT molecular complexity index is 1750. The van der Waals surface area contributed by atoms with Crippen LogP contribution in [0, 0.1) is 0 Å². The number of aromatic nitrogens is 2. The second-order valence-electron chi connectivity index (χ2n) is 8.18. The molecule has 0 aliphatic heterocycles. The molecule has 2 heterocycles. The van der Waals surface area contributed by atoms with Gasteiger partial charge in [0.1, 0.15) is 11.3 Å². The van der Waals surface area contributed by atoms with Crippen LogP contribution in [-0.2, 0) is 0 Å². The van der Waals surface area contributed by atoms with Gasteiger partial charge in [-0.2, -0.15) is 5.10 Å². The summed E-state index contributed by atoms with van der Waals surface area (Å²) in [5.74, 6) is -0.574. The van der Waals surface area contributed by atoms with Crippen molar-refractivity contribution in [1.29, 1.82) is 0 Å². The predicted molar refractivity (Wildman–Crippen MR) is 138 cm³/mol. The van der Waals surface area contributed by atoms with Gasteiger partial charge in [-0.15, -0.1) is 0 Å². The molecule has 0 N–H and O–H groups in total. The molecule has 6 aromatic rings. The third-order valence-electron chi connectivity index (χ3n) is 5.91. The number of ketones is 2. The number of halogens is 1. The summed E-state index contributed by atoms with van der Waals surface area (Å²) in [6.45, 7) is 0. The summed E-state index contributed by atoms with van der Waals surface area (Å²) < 4.78 is 8.27. The second-order valence-corrected chi connectivity index (χ2v) is 9.10. The summed E-state index contributed by atoms with van der Waals surface area (Å²) >= 11 is 3.44. The zero-order valence-corrected chi connectivity index (χ0v) is 19.9. The summed E-state index contributed by atoms with van der Waals surface area (Å²) in [4.78, 5) is 27.2. The number of para-hydroxylation sites is 1. The van der Waals surface area contributed by atoms with E-state index in [-0.39, 0.29) is 22.8 Å². The molecular weight excluding hydrogens is 504 g/mol. The van der Waals surface area contributed by atoms with Crippen LogP contribution < -0.4 is 0 Å². The SMILES string of the molecule is O=C(c1cc2cc(Br)ccc2o1)c1cn(-c2ccccc2)nc1C(=O)c1ccc2ccccc2c1. The quantitative estimate of drug-likeness (QED) is 0.229. The highest BCUT2D eigenvalue weighted by molar-refractivity contribution is 9.10. The molecule has 6 heteroatoms. The first-order chi connectivity index (χ1) is 17.1. The Balaban J connectivity index is 1.48. The minimum absolute atomic E-state index is 0.0794. The Morgan fingerprint density at radius 1 is 0.743 bits per heavy atom. The molecule has 0 amide bonds. The van der Waals surface area contributed by atoms with Crippen LogP contribution in [-0.4, -0.2) is 21.3 Å². The Labute approximate surface area is 208 Å². The van der Waals surface area contributed by atoms with Crippen molar-refractivity contribution >= 4 is 49.2 Å². The third-order valence-corrected chi connectivity index (χ3v) is 6.40. The average molecular weight is 521 g/mol. The third kappa shape index (κ3) is 3.88. The van der Waals surface area contributed by atoms with Crippen LogP contribution in [0.1, 0.15) is 32.2 Å². The molecule has 0 saturated heterocycles. The van der Waals surface area contributed by atoms with E-state index in [2.05, 4.69) is 21.0 Å². The Morgan fingerprint density at radius 3 is 2.34 bits per heavy atom. The van der Waals surface area contributed by atoms with E-state index in [9.17, 15) is 9.59 Å². The lowest BCUT2D eigenvalue weighted by molar-refractivity contribution is 0.0988. The van der Waals surface area contributed by atoms with Gasteiger partial charge in [-0.3, -0.25) is 9.59 Å². The number of carbonyl (C=O) groups is 2. The number of carbonyl (C=O) groups excluding carboxylic acids is 2. The van der Waals surface area contributed by atoms with Gasteiger partial charge in [0, 0.05) is 21.6 Å². The molecule has 0 saturated carbocycles. The van der Waals surface area contributed by atoms with Gasteiger partial charge >= 0.3 is 0 Å². The summed E-state index contributed by atoms with van der Waals surface area (Å²) in [7, 11) is 0. The predicted octanol–water partition coefficient (Wildman–Crippen LogP) is 7.00. The van der Waals surface area contributed by atoms with Gasteiger partial charge in [-0.25, -0.2) is 4.68 Å². The fourth-order valence-electron chi connectivity index (χ4n) is 4.15. The van der Waals surface area contributed by atoms with E-state index in [0.717, 1.165) is 26.3 Å². The zero-order valence-electron chi connectivity index (χ0n) is 18.3.